The number of thiophene rings is 1. The van der Waals surface area contributed by atoms with Crippen molar-refractivity contribution < 1.29 is 14.6 Å². The number of ether oxygens (including phenoxy) is 2. The SMILES string of the molecule is N[C@]1(CO)CC[C@H](c2ccc3c(c2)CC[C@H](OCCOCc2cccs2)C3)C1. The van der Waals surface area contributed by atoms with Gasteiger partial charge < -0.3 is 20.3 Å². The number of hydrogen-bond acceptors (Lipinski definition) is 5. The van der Waals surface area contributed by atoms with E-state index in [0.29, 0.717) is 31.8 Å². The summed E-state index contributed by atoms with van der Waals surface area (Å²) in [5, 5.41) is 11.6. The molecule has 0 saturated heterocycles. The molecule has 4 rings (SSSR count). The summed E-state index contributed by atoms with van der Waals surface area (Å²) in [6, 6.07) is 11.1. The molecule has 152 valence electrons. The molecule has 0 radical (unpaired) electrons. The molecule has 1 aromatic heterocycles. The second-order valence-electron chi connectivity index (χ2n) is 8.36. The van der Waals surface area contributed by atoms with Gasteiger partial charge in [0.2, 0.25) is 0 Å². The average molecular weight is 402 g/mol. The summed E-state index contributed by atoms with van der Waals surface area (Å²) in [5.74, 6) is 0.483. The second kappa shape index (κ2) is 9.06. The third kappa shape index (κ3) is 4.84. The van der Waals surface area contributed by atoms with Gasteiger partial charge in [0.05, 0.1) is 32.5 Å². The fourth-order valence-corrected chi connectivity index (χ4v) is 5.20. The van der Waals surface area contributed by atoms with Crippen LogP contribution in [0.2, 0.25) is 0 Å². The second-order valence-corrected chi connectivity index (χ2v) is 9.39. The van der Waals surface area contributed by atoms with Crippen molar-refractivity contribution in [2.45, 2.75) is 62.7 Å². The third-order valence-electron chi connectivity index (χ3n) is 6.25. The smallest absolute Gasteiger partial charge is 0.0810 e. The Bertz CT molecular complexity index is 763. The van der Waals surface area contributed by atoms with Crippen molar-refractivity contribution in [1.29, 1.82) is 0 Å². The zero-order chi connectivity index (χ0) is 19.4. The molecule has 0 bridgehead atoms. The molecule has 0 spiro atoms. The average Bonchev–Trinajstić information content (AvgIpc) is 3.38. The van der Waals surface area contributed by atoms with Crippen molar-refractivity contribution in [2.24, 2.45) is 5.73 Å². The van der Waals surface area contributed by atoms with E-state index in [1.165, 1.54) is 21.6 Å². The summed E-state index contributed by atoms with van der Waals surface area (Å²) in [5.41, 5.74) is 10.1. The minimum atomic E-state index is -0.384. The monoisotopic (exact) mass is 401 g/mol. The fraction of sp³-hybridized carbons (Fsp3) is 0.565. The van der Waals surface area contributed by atoms with Crippen LogP contribution < -0.4 is 5.73 Å². The van der Waals surface area contributed by atoms with Crippen LogP contribution in [0.3, 0.4) is 0 Å². The Hall–Kier alpha value is -1.24. The first-order valence-corrected chi connectivity index (χ1v) is 11.3. The van der Waals surface area contributed by atoms with E-state index in [1.807, 2.05) is 0 Å². The van der Waals surface area contributed by atoms with Crippen molar-refractivity contribution >= 4 is 11.3 Å². The maximum Gasteiger partial charge on any atom is 0.0810 e. The molecule has 4 nitrogen and oxygen atoms in total. The number of fused-ring (bicyclic) bond motifs is 1. The van der Waals surface area contributed by atoms with Gasteiger partial charge >= 0.3 is 0 Å². The summed E-state index contributed by atoms with van der Waals surface area (Å²) in [6.45, 7) is 2.07. The number of aryl methyl sites for hydroxylation is 1. The molecule has 5 heteroatoms. The minimum absolute atomic E-state index is 0.0878. The van der Waals surface area contributed by atoms with Crippen molar-refractivity contribution in [3.8, 4) is 0 Å². The molecule has 1 heterocycles. The maximum atomic E-state index is 9.52. The van der Waals surface area contributed by atoms with Crippen molar-refractivity contribution in [3.63, 3.8) is 0 Å². The Balaban J connectivity index is 1.24. The molecule has 2 aromatic rings. The van der Waals surface area contributed by atoms with Gasteiger partial charge in [0.1, 0.15) is 0 Å². The Morgan fingerprint density at radius 1 is 1.18 bits per heavy atom. The van der Waals surface area contributed by atoms with Gasteiger partial charge in [0, 0.05) is 10.4 Å². The van der Waals surface area contributed by atoms with Gasteiger partial charge in [0.25, 0.3) is 0 Å². The summed E-state index contributed by atoms with van der Waals surface area (Å²) >= 11 is 1.73. The fourth-order valence-electron chi connectivity index (χ4n) is 4.56. The Kier molecular flexibility index (Phi) is 6.48. The quantitative estimate of drug-likeness (QED) is 0.661. The van der Waals surface area contributed by atoms with Crippen LogP contribution in [0.5, 0.6) is 0 Å². The standard InChI is InChI=1S/C23H31NO3S/c24-23(16-25)8-7-20(14-23)18-3-4-19-13-21(6-5-17(19)12-18)27-10-9-26-15-22-2-1-11-28-22/h1-4,11-12,20-21,25H,5-10,13-16,24H2/t20-,21-,23+/m0/s1. The van der Waals surface area contributed by atoms with E-state index in [2.05, 4.69) is 35.7 Å². The zero-order valence-corrected chi connectivity index (χ0v) is 17.3. The van der Waals surface area contributed by atoms with Crippen LogP contribution in [0.15, 0.2) is 35.7 Å². The number of aliphatic hydroxyl groups excluding tert-OH is 1. The lowest BCUT2D eigenvalue weighted by Crippen LogP contribution is -2.40. The van der Waals surface area contributed by atoms with Crippen LogP contribution in [0.25, 0.3) is 0 Å². The lowest BCUT2D eigenvalue weighted by Gasteiger charge is -2.26. The number of aliphatic hydroxyl groups is 1. The van der Waals surface area contributed by atoms with Crippen LogP contribution >= 0.6 is 11.3 Å². The molecule has 28 heavy (non-hydrogen) atoms. The zero-order valence-electron chi connectivity index (χ0n) is 16.4. The highest BCUT2D eigenvalue weighted by molar-refractivity contribution is 7.09. The number of nitrogens with two attached hydrogens (primary N) is 1. The molecule has 0 aliphatic heterocycles. The van der Waals surface area contributed by atoms with Crippen molar-refractivity contribution in [2.75, 3.05) is 19.8 Å². The summed E-state index contributed by atoms with van der Waals surface area (Å²) < 4.78 is 11.8. The summed E-state index contributed by atoms with van der Waals surface area (Å²) in [7, 11) is 0. The molecule has 2 aliphatic carbocycles. The van der Waals surface area contributed by atoms with Gasteiger partial charge in [-0.15, -0.1) is 11.3 Å². The van der Waals surface area contributed by atoms with Crippen LogP contribution in [0.1, 0.15) is 53.2 Å². The van der Waals surface area contributed by atoms with E-state index < -0.39 is 0 Å². The molecular weight excluding hydrogens is 370 g/mol. The topological polar surface area (TPSA) is 64.7 Å². The summed E-state index contributed by atoms with van der Waals surface area (Å²) in [6.07, 6.45) is 6.31. The van der Waals surface area contributed by atoms with Crippen molar-refractivity contribution in [3.05, 3.63) is 57.3 Å². The molecular formula is C23H31NO3S. The van der Waals surface area contributed by atoms with Crippen LogP contribution in [-0.2, 0) is 28.9 Å². The lowest BCUT2D eigenvalue weighted by atomic mass is 9.85. The van der Waals surface area contributed by atoms with E-state index in [4.69, 9.17) is 15.2 Å². The predicted octanol–water partition coefficient (Wildman–Crippen LogP) is 3.80. The van der Waals surface area contributed by atoms with Crippen LogP contribution in [0, 0.1) is 0 Å². The van der Waals surface area contributed by atoms with E-state index in [1.54, 1.807) is 11.3 Å². The highest BCUT2D eigenvalue weighted by Gasteiger charge is 2.36. The molecule has 1 aromatic carbocycles. The molecule has 0 amide bonds. The van der Waals surface area contributed by atoms with Gasteiger partial charge in [-0.1, -0.05) is 24.3 Å². The Morgan fingerprint density at radius 2 is 2.11 bits per heavy atom. The van der Waals surface area contributed by atoms with E-state index in [0.717, 1.165) is 38.5 Å². The van der Waals surface area contributed by atoms with Gasteiger partial charge in [-0.25, -0.2) is 0 Å². The predicted molar refractivity (Wildman–Crippen MR) is 113 cm³/mol. The van der Waals surface area contributed by atoms with Crippen LogP contribution in [-0.4, -0.2) is 36.6 Å². The van der Waals surface area contributed by atoms with Crippen LogP contribution in [0.4, 0.5) is 0 Å². The molecule has 1 fully saturated rings. The number of benzene rings is 1. The summed E-state index contributed by atoms with van der Waals surface area (Å²) in [4.78, 5) is 1.26. The van der Waals surface area contributed by atoms with Crippen molar-refractivity contribution in [1.82, 2.24) is 0 Å². The molecule has 1 saturated carbocycles. The molecule has 0 unspecified atom stereocenters. The number of rotatable bonds is 8. The van der Waals surface area contributed by atoms with Gasteiger partial charge in [-0.05, 0) is 72.6 Å². The first-order valence-electron chi connectivity index (χ1n) is 10.4. The highest BCUT2D eigenvalue weighted by Crippen LogP contribution is 2.40. The van der Waals surface area contributed by atoms with Gasteiger partial charge in [-0.3, -0.25) is 0 Å². The van der Waals surface area contributed by atoms with E-state index in [-0.39, 0.29) is 12.1 Å². The van der Waals surface area contributed by atoms with E-state index in [9.17, 15) is 5.11 Å². The largest absolute Gasteiger partial charge is 0.394 e. The Labute approximate surface area is 171 Å². The first kappa shape index (κ1) is 20.0. The van der Waals surface area contributed by atoms with Gasteiger partial charge in [0.15, 0.2) is 0 Å². The molecule has 3 N–H and O–H groups in total. The van der Waals surface area contributed by atoms with Gasteiger partial charge in [-0.2, -0.15) is 0 Å². The lowest BCUT2D eigenvalue weighted by molar-refractivity contribution is -0.00412. The normalized spacial score (nSPS) is 27.1. The van der Waals surface area contributed by atoms with E-state index >= 15 is 0 Å². The maximum absolute atomic E-state index is 9.52. The molecule has 3 atom stereocenters. The highest BCUT2D eigenvalue weighted by atomic mass is 32.1. The minimum Gasteiger partial charge on any atom is -0.394 e. The Morgan fingerprint density at radius 3 is 2.89 bits per heavy atom. The molecule has 2 aliphatic rings. The third-order valence-corrected chi connectivity index (χ3v) is 7.10. The number of hydrogen-bond donors (Lipinski definition) is 2. The first-order chi connectivity index (χ1) is 13.6.